The van der Waals surface area contributed by atoms with Gasteiger partial charge in [-0.05, 0) is 30.7 Å². The van der Waals surface area contributed by atoms with Crippen LogP contribution in [0.2, 0.25) is 0 Å². The van der Waals surface area contributed by atoms with Crippen molar-refractivity contribution in [2.24, 2.45) is 0 Å². The van der Waals surface area contributed by atoms with Crippen LogP contribution in [-0.4, -0.2) is 29.9 Å². The number of anilines is 2. The molecule has 2 aromatic carbocycles. The second kappa shape index (κ2) is 7.82. The number of nitrogens with zero attached hydrogens (tertiary/aromatic N) is 2. The second-order valence-corrected chi connectivity index (χ2v) is 7.22. The number of nitrogens with one attached hydrogen (secondary N) is 1. The van der Waals surface area contributed by atoms with Gasteiger partial charge in [0, 0.05) is 17.5 Å². The summed E-state index contributed by atoms with van der Waals surface area (Å²) in [6.45, 7) is 2.58. The molecule has 0 unspecified atom stereocenters. The number of hydrogen-bond acceptors (Lipinski definition) is 5. The fraction of sp³-hybridized carbons (Fsp3) is 0.190. The summed E-state index contributed by atoms with van der Waals surface area (Å²) in [5, 5.41) is 5.29. The fourth-order valence-electron chi connectivity index (χ4n) is 3.12. The summed E-state index contributed by atoms with van der Waals surface area (Å²) in [4.78, 5) is 30.5. The molecule has 0 aliphatic carbocycles. The summed E-state index contributed by atoms with van der Waals surface area (Å²) in [5.41, 5.74) is 3.32. The molecule has 142 valence electrons. The molecular weight excluding hydrogens is 374 g/mol. The van der Waals surface area contributed by atoms with E-state index in [1.54, 1.807) is 4.90 Å². The highest BCUT2D eigenvalue weighted by Gasteiger charge is 2.24. The zero-order valence-electron chi connectivity index (χ0n) is 15.3. The molecule has 1 aliphatic heterocycles. The molecule has 6 nitrogen and oxygen atoms in total. The smallest absolute Gasteiger partial charge is 0.265 e. The molecule has 2 amide bonds. The Bertz CT molecular complexity index is 1020. The van der Waals surface area contributed by atoms with Crippen molar-refractivity contribution in [2.45, 2.75) is 13.3 Å². The van der Waals surface area contributed by atoms with E-state index in [-0.39, 0.29) is 18.4 Å². The minimum atomic E-state index is -0.103. The Labute approximate surface area is 166 Å². The summed E-state index contributed by atoms with van der Waals surface area (Å²) in [7, 11) is 0. The molecule has 0 radical (unpaired) electrons. The van der Waals surface area contributed by atoms with Gasteiger partial charge in [0.25, 0.3) is 5.91 Å². The van der Waals surface area contributed by atoms with Crippen molar-refractivity contribution in [3.63, 3.8) is 0 Å². The van der Waals surface area contributed by atoms with E-state index in [0.717, 1.165) is 22.5 Å². The number of ether oxygens (including phenoxy) is 1. The van der Waals surface area contributed by atoms with Crippen LogP contribution >= 0.6 is 11.3 Å². The Balaban J connectivity index is 1.51. The molecule has 2 heterocycles. The van der Waals surface area contributed by atoms with E-state index in [1.165, 1.54) is 11.3 Å². The van der Waals surface area contributed by atoms with Crippen LogP contribution in [0.5, 0.6) is 5.75 Å². The van der Waals surface area contributed by atoms with Gasteiger partial charge in [0.2, 0.25) is 5.91 Å². The van der Waals surface area contributed by atoms with Gasteiger partial charge in [-0.1, -0.05) is 30.3 Å². The van der Waals surface area contributed by atoms with Crippen LogP contribution in [0.3, 0.4) is 0 Å². The largest absolute Gasteiger partial charge is 0.482 e. The number of fused-ring (bicyclic) bond motifs is 1. The monoisotopic (exact) mass is 393 g/mol. The van der Waals surface area contributed by atoms with Crippen molar-refractivity contribution in [1.29, 1.82) is 0 Å². The van der Waals surface area contributed by atoms with Crippen LogP contribution in [0.25, 0.3) is 11.3 Å². The number of amides is 2. The number of carbonyl (C=O) groups excluding carboxylic acids is 2. The summed E-state index contributed by atoms with van der Waals surface area (Å²) >= 11 is 1.37. The van der Waals surface area contributed by atoms with Gasteiger partial charge in [-0.2, -0.15) is 0 Å². The molecule has 0 saturated heterocycles. The number of thiazole rings is 1. The third kappa shape index (κ3) is 3.75. The SMILES string of the molecule is CCN1C(=O)COc2ccc(-c3csc(NC(=O)Cc4ccccc4)n3)cc21. The van der Waals surface area contributed by atoms with E-state index in [1.807, 2.05) is 60.8 Å². The van der Waals surface area contributed by atoms with E-state index in [4.69, 9.17) is 4.74 Å². The first-order chi connectivity index (χ1) is 13.6. The van der Waals surface area contributed by atoms with Gasteiger partial charge >= 0.3 is 0 Å². The van der Waals surface area contributed by atoms with Crippen molar-refractivity contribution in [3.8, 4) is 17.0 Å². The molecule has 0 bridgehead atoms. The van der Waals surface area contributed by atoms with Crippen molar-refractivity contribution < 1.29 is 14.3 Å². The number of carbonyl (C=O) groups is 2. The van der Waals surface area contributed by atoms with Crippen molar-refractivity contribution in [3.05, 3.63) is 59.5 Å². The highest BCUT2D eigenvalue weighted by molar-refractivity contribution is 7.14. The Hall–Kier alpha value is -3.19. The van der Waals surface area contributed by atoms with Crippen LogP contribution in [-0.2, 0) is 16.0 Å². The Kier molecular flexibility index (Phi) is 5.08. The number of benzene rings is 2. The quantitative estimate of drug-likeness (QED) is 0.717. The lowest BCUT2D eigenvalue weighted by molar-refractivity contribution is -0.121. The van der Waals surface area contributed by atoms with E-state index in [9.17, 15) is 9.59 Å². The van der Waals surface area contributed by atoms with Crippen LogP contribution in [0.4, 0.5) is 10.8 Å². The number of hydrogen-bond donors (Lipinski definition) is 1. The third-order valence-corrected chi connectivity index (χ3v) is 5.23. The first-order valence-corrected chi connectivity index (χ1v) is 9.89. The Morgan fingerprint density at radius 1 is 1.25 bits per heavy atom. The average Bonchev–Trinajstić information content (AvgIpc) is 3.16. The zero-order chi connectivity index (χ0) is 19.5. The van der Waals surface area contributed by atoms with Crippen LogP contribution < -0.4 is 15.0 Å². The minimum absolute atomic E-state index is 0.0562. The molecule has 4 rings (SSSR count). The molecule has 7 heteroatoms. The molecule has 3 aromatic rings. The molecule has 1 aliphatic rings. The van der Waals surface area contributed by atoms with Crippen LogP contribution in [0.15, 0.2) is 53.9 Å². The van der Waals surface area contributed by atoms with E-state index < -0.39 is 0 Å². The number of aromatic nitrogens is 1. The lowest BCUT2D eigenvalue weighted by Gasteiger charge is -2.28. The van der Waals surface area contributed by atoms with Gasteiger partial charge in [-0.15, -0.1) is 11.3 Å². The van der Waals surface area contributed by atoms with Crippen molar-refractivity contribution in [2.75, 3.05) is 23.4 Å². The highest BCUT2D eigenvalue weighted by atomic mass is 32.1. The fourth-order valence-corrected chi connectivity index (χ4v) is 3.85. The van der Waals surface area contributed by atoms with Crippen LogP contribution in [0, 0.1) is 0 Å². The van der Waals surface area contributed by atoms with Gasteiger partial charge in [0.05, 0.1) is 17.8 Å². The predicted molar refractivity (Wildman–Crippen MR) is 110 cm³/mol. The number of likely N-dealkylation sites (N-methyl/N-ethyl adjacent to an activating group) is 1. The zero-order valence-corrected chi connectivity index (χ0v) is 16.2. The maximum Gasteiger partial charge on any atom is 0.265 e. The molecule has 28 heavy (non-hydrogen) atoms. The maximum atomic E-state index is 12.2. The third-order valence-electron chi connectivity index (χ3n) is 4.47. The van der Waals surface area contributed by atoms with Crippen molar-refractivity contribution in [1.82, 2.24) is 4.98 Å². The lowest BCUT2D eigenvalue weighted by atomic mass is 10.1. The van der Waals surface area contributed by atoms with Gasteiger partial charge in [-0.25, -0.2) is 4.98 Å². The normalized spacial score (nSPS) is 13.0. The molecule has 1 aromatic heterocycles. The second-order valence-electron chi connectivity index (χ2n) is 6.36. The topological polar surface area (TPSA) is 71.5 Å². The van der Waals surface area contributed by atoms with Gasteiger partial charge < -0.3 is 15.0 Å². The van der Waals surface area contributed by atoms with E-state index in [2.05, 4.69) is 10.3 Å². The molecule has 0 atom stereocenters. The molecule has 0 saturated carbocycles. The van der Waals surface area contributed by atoms with Crippen molar-refractivity contribution >= 4 is 34.0 Å². The predicted octanol–water partition coefficient (Wildman–Crippen LogP) is 3.74. The average molecular weight is 393 g/mol. The minimum Gasteiger partial charge on any atom is -0.482 e. The lowest BCUT2D eigenvalue weighted by Crippen LogP contribution is -2.38. The Morgan fingerprint density at radius 2 is 2.07 bits per heavy atom. The summed E-state index contributed by atoms with van der Waals surface area (Å²) in [6, 6.07) is 15.2. The summed E-state index contributed by atoms with van der Waals surface area (Å²) in [5.74, 6) is 0.532. The highest BCUT2D eigenvalue weighted by Crippen LogP contribution is 2.36. The maximum absolute atomic E-state index is 12.2. The molecule has 0 spiro atoms. The molecular formula is C21H19N3O3S. The standard InChI is InChI=1S/C21H19N3O3S/c1-2-24-17-11-15(8-9-18(17)27-12-20(24)26)16-13-28-21(22-16)23-19(25)10-14-6-4-3-5-7-14/h3-9,11,13H,2,10,12H2,1H3,(H,22,23,25). The first kappa shape index (κ1) is 18.2. The number of rotatable bonds is 5. The molecule has 1 N–H and O–H groups in total. The van der Waals surface area contributed by atoms with Gasteiger partial charge in [-0.3, -0.25) is 9.59 Å². The Morgan fingerprint density at radius 3 is 2.86 bits per heavy atom. The van der Waals surface area contributed by atoms with Gasteiger partial charge in [0.15, 0.2) is 11.7 Å². The summed E-state index contributed by atoms with van der Waals surface area (Å²) in [6.07, 6.45) is 0.305. The summed E-state index contributed by atoms with van der Waals surface area (Å²) < 4.78 is 5.51. The van der Waals surface area contributed by atoms with Gasteiger partial charge in [0.1, 0.15) is 5.75 Å². The molecule has 0 fully saturated rings. The van der Waals surface area contributed by atoms with Crippen LogP contribution in [0.1, 0.15) is 12.5 Å². The first-order valence-electron chi connectivity index (χ1n) is 9.01. The van der Waals surface area contributed by atoms with E-state index >= 15 is 0 Å². The van der Waals surface area contributed by atoms with E-state index in [0.29, 0.717) is 23.8 Å².